The topological polar surface area (TPSA) is 88.9 Å². The highest BCUT2D eigenvalue weighted by atomic mass is 16.5. The molecule has 1 aliphatic heterocycles. The summed E-state index contributed by atoms with van der Waals surface area (Å²) in [5.41, 5.74) is 3.89. The number of barbiturate groups is 1. The van der Waals surface area contributed by atoms with Crippen LogP contribution < -0.4 is 4.90 Å². The van der Waals surface area contributed by atoms with Crippen LogP contribution in [0.25, 0.3) is 11.8 Å². The Labute approximate surface area is 203 Å². The van der Waals surface area contributed by atoms with E-state index >= 15 is 0 Å². The van der Waals surface area contributed by atoms with E-state index in [-0.39, 0.29) is 11.5 Å². The molecule has 178 valence electrons. The number of carbonyl (C=O) groups is 4. The maximum absolute atomic E-state index is 13.3. The Morgan fingerprint density at radius 2 is 1.57 bits per heavy atom. The van der Waals surface area contributed by atoms with E-state index in [1.807, 2.05) is 36.6 Å². The Kier molecular flexibility index (Phi) is 6.38. The first-order valence-electron chi connectivity index (χ1n) is 11.1. The summed E-state index contributed by atoms with van der Waals surface area (Å²) in [7, 11) is 1.36. The molecule has 0 radical (unpaired) electrons. The standard InChI is InChI=1S/C27H25N3O5/c1-5-35-26(33)19-11-13-22(14-12-19)29-17(2)15-20(18(29)3)16-23-24(31)28(4)27(34)30(25(23)32)21-9-7-6-8-10-21/h6-16H,5H2,1-4H3/b23-16+. The number of hydrogen-bond donors (Lipinski definition) is 0. The number of hydrogen-bond acceptors (Lipinski definition) is 5. The minimum absolute atomic E-state index is 0.103. The van der Waals surface area contributed by atoms with Crippen LogP contribution in [-0.2, 0) is 14.3 Å². The smallest absolute Gasteiger partial charge is 0.338 e. The number of urea groups is 1. The van der Waals surface area contributed by atoms with Crippen molar-refractivity contribution in [2.45, 2.75) is 20.8 Å². The van der Waals surface area contributed by atoms with Crippen molar-refractivity contribution in [3.63, 3.8) is 0 Å². The number of aryl methyl sites for hydroxylation is 1. The zero-order valence-electron chi connectivity index (χ0n) is 19.9. The lowest BCUT2D eigenvalue weighted by atomic mass is 10.1. The van der Waals surface area contributed by atoms with Gasteiger partial charge in [0.05, 0.1) is 17.9 Å². The molecule has 4 rings (SSSR count). The number of benzene rings is 2. The number of rotatable bonds is 5. The largest absolute Gasteiger partial charge is 0.462 e. The molecule has 1 saturated heterocycles. The summed E-state index contributed by atoms with van der Waals surface area (Å²) < 4.78 is 7.00. The van der Waals surface area contributed by atoms with Crippen molar-refractivity contribution in [3.8, 4) is 5.69 Å². The molecule has 2 aromatic carbocycles. The molecule has 0 aliphatic carbocycles. The third-order valence-corrected chi connectivity index (χ3v) is 5.87. The second kappa shape index (κ2) is 9.42. The molecule has 1 fully saturated rings. The SMILES string of the molecule is CCOC(=O)c1ccc(-n2c(C)cc(/C=C3\C(=O)N(C)C(=O)N(c4ccccc4)C3=O)c2C)cc1. The molecule has 0 N–H and O–H groups in total. The van der Waals surface area contributed by atoms with Crippen molar-refractivity contribution in [2.24, 2.45) is 0 Å². The quantitative estimate of drug-likeness (QED) is 0.315. The molecule has 2 heterocycles. The molecule has 0 saturated carbocycles. The van der Waals surface area contributed by atoms with Gasteiger partial charge in [-0.15, -0.1) is 0 Å². The maximum atomic E-state index is 13.3. The van der Waals surface area contributed by atoms with Gasteiger partial charge in [0.1, 0.15) is 5.57 Å². The highest BCUT2D eigenvalue weighted by Gasteiger charge is 2.41. The number of carbonyl (C=O) groups excluding carboxylic acids is 4. The predicted molar refractivity (Wildman–Crippen MR) is 131 cm³/mol. The first kappa shape index (κ1) is 23.7. The van der Waals surface area contributed by atoms with E-state index in [2.05, 4.69) is 0 Å². The van der Waals surface area contributed by atoms with Crippen LogP contribution in [0.3, 0.4) is 0 Å². The van der Waals surface area contributed by atoms with Gasteiger partial charge in [-0.25, -0.2) is 14.5 Å². The summed E-state index contributed by atoms with van der Waals surface area (Å²) in [4.78, 5) is 52.8. The van der Waals surface area contributed by atoms with Crippen LogP contribution in [0.4, 0.5) is 10.5 Å². The van der Waals surface area contributed by atoms with Crippen molar-refractivity contribution in [2.75, 3.05) is 18.6 Å². The molecule has 0 unspecified atom stereocenters. The second-order valence-electron chi connectivity index (χ2n) is 8.11. The highest BCUT2D eigenvalue weighted by Crippen LogP contribution is 2.28. The first-order chi connectivity index (χ1) is 16.7. The number of nitrogens with zero attached hydrogens (tertiary/aromatic N) is 3. The highest BCUT2D eigenvalue weighted by molar-refractivity contribution is 6.39. The van der Waals surface area contributed by atoms with Crippen molar-refractivity contribution in [3.05, 3.63) is 88.8 Å². The Hall–Kier alpha value is -4.46. The molecule has 1 aromatic heterocycles. The van der Waals surface area contributed by atoms with E-state index < -0.39 is 17.8 Å². The number of esters is 1. The van der Waals surface area contributed by atoms with Crippen LogP contribution >= 0.6 is 0 Å². The van der Waals surface area contributed by atoms with Crippen molar-refractivity contribution in [1.29, 1.82) is 0 Å². The van der Waals surface area contributed by atoms with Gasteiger partial charge in [-0.05, 0) is 74.9 Å². The van der Waals surface area contributed by atoms with E-state index in [0.29, 0.717) is 23.4 Å². The summed E-state index contributed by atoms with van der Waals surface area (Å²) in [6, 6.07) is 16.7. The lowest BCUT2D eigenvalue weighted by molar-refractivity contribution is -0.128. The van der Waals surface area contributed by atoms with Gasteiger partial charge in [0.25, 0.3) is 11.8 Å². The molecular formula is C27H25N3O5. The Balaban J connectivity index is 1.72. The zero-order chi connectivity index (χ0) is 25.3. The van der Waals surface area contributed by atoms with Crippen LogP contribution in [-0.4, -0.2) is 46.9 Å². The molecule has 0 atom stereocenters. The van der Waals surface area contributed by atoms with Crippen LogP contribution in [0.15, 0.2) is 66.2 Å². The number of amides is 4. The molecule has 35 heavy (non-hydrogen) atoms. The lowest BCUT2D eigenvalue weighted by Crippen LogP contribution is -2.55. The normalized spacial score (nSPS) is 15.2. The fourth-order valence-electron chi connectivity index (χ4n) is 4.09. The zero-order valence-corrected chi connectivity index (χ0v) is 19.9. The van der Waals surface area contributed by atoms with E-state index in [0.717, 1.165) is 26.9 Å². The van der Waals surface area contributed by atoms with Gasteiger partial charge in [-0.1, -0.05) is 18.2 Å². The van der Waals surface area contributed by atoms with Gasteiger partial charge < -0.3 is 9.30 Å². The van der Waals surface area contributed by atoms with E-state index in [1.165, 1.54) is 13.1 Å². The maximum Gasteiger partial charge on any atom is 0.338 e. The fraction of sp³-hybridized carbons (Fsp3) is 0.185. The van der Waals surface area contributed by atoms with Crippen LogP contribution in [0.1, 0.15) is 34.2 Å². The third-order valence-electron chi connectivity index (χ3n) is 5.87. The average Bonchev–Trinajstić information content (AvgIpc) is 3.14. The first-order valence-corrected chi connectivity index (χ1v) is 11.1. The van der Waals surface area contributed by atoms with E-state index in [4.69, 9.17) is 4.74 Å². The second-order valence-corrected chi connectivity index (χ2v) is 8.11. The van der Waals surface area contributed by atoms with Crippen molar-refractivity contribution < 1.29 is 23.9 Å². The minimum Gasteiger partial charge on any atom is -0.462 e. The predicted octanol–water partition coefficient (Wildman–Crippen LogP) is 4.28. The number of ether oxygens (including phenoxy) is 1. The number of imide groups is 2. The average molecular weight is 472 g/mol. The Morgan fingerprint density at radius 3 is 2.20 bits per heavy atom. The molecule has 0 spiro atoms. The summed E-state index contributed by atoms with van der Waals surface area (Å²) in [5.74, 6) is -1.72. The van der Waals surface area contributed by atoms with Gasteiger partial charge in [-0.2, -0.15) is 0 Å². The Morgan fingerprint density at radius 1 is 0.914 bits per heavy atom. The van der Waals surface area contributed by atoms with E-state index in [9.17, 15) is 19.2 Å². The van der Waals surface area contributed by atoms with Crippen LogP contribution in [0.5, 0.6) is 0 Å². The lowest BCUT2D eigenvalue weighted by Gasteiger charge is -2.31. The van der Waals surface area contributed by atoms with Gasteiger partial charge in [-0.3, -0.25) is 14.5 Å². The van der Waals surface area contributed by atoms with Gasteiger partial charge in [0, 0.05) is 24.1 Å². The number of anilines is 1. The molecule has 3 aromatic rings. The van der Waals surface area contributed by atoms with Crippen LogP contribution in [0.2, 0.25) is 0 Å². The van der Waals surface area contributed by atoms with Gasteiger partial charge in [0.2, 0.25) is 0 Å². The summed E-state index contributed by atoms with van der Waals surface area (Å²) >= 11 is 0. The monoisotopic (exact) mass is 471 g/mol. The van der Waals surface area contributed by atoms with Crippen molar-refractivity contribution >= 4 is 35.6 Å². The molecule has 0 bridgehead atoms. The van der Waals surface area contributed by atoms with Crippen molar-refractivity contribution in [1.82, 2.24) is 9.47 Å². The third kappa shape index (κ3) is 4.26. The molecule has 4 amide bonds. The number of likely N-dealkylation sites (N-methyl/N-ethyl adjacent to an activating group) is 1. The molecule has 8 nitrogen and oxygen atoms in total. The Bertz CT molecular complexity index is 1350. The fourth-order valence-corrected chi connectivity index (χ4v) is 4.09. The molecular weight excluding hydrogens is 446 g/mol. The summed E-state index contributed by atoms with van der Waals surface area (Å²) in [6.07, 6.45) is 1.52. The summed E-state index contributed by atoms with van der Waals surface area (Å²) in [5, 5.41) is 0. The molecule has 8 heteroatoms. The minimum atomic E-state index is -0.699. The number of aromatic nitrogens is 1. The van der Waals surface area contributed by atoms with Gasteiger partial charge >= 0.3 is 12.0 Å². The van der Waals surface area contributed by atoms with E-state index in [1.54, 1.807) is 49.4 Å². The summed E-state index contributed by atoms with van der Waals surface area (Å²) in [6.45, 7) is 5.84. The van der Waals surface area contributed by atoms with Crippen LogP contribution in [0, 0.1) is 13.8 Å². The molecule has 1 aliphatic rings. The number of para-hydroxylation sites is 1. The van der Waals surface area contributed by atoms with Gasteiger partial charge in [0.15, 0.2) is 0 Å².